The molecule has 94 valence electrons. The van der Waals surface area contributed by atoms with E-state index in [-0.39, 0.29) is 5.69 Å². The molecule has 0 bridgehead atoms. The molecule has 1 N–H and O–H groups in total. The van der Waals surface area contributed by atoms with Crippen LogP contribution in [0.2, 0.25) is 0 Å². The standard InChI is InChI=1S/C12H13N3O3/c1-15-9(4-6-14-15)5-7-18-10-2-3-11(12(16)17)13-8-10/h2-4,6,8H,5,7H2,1H3,(H,16,17). The van der Waals surface area contributed by atoms with E-state index in [0.29, 0.717) is 12.4 Å². The van der Waals surface area contributed by atoms with Gasteiger partial charge in [-0.2, -0.15) is 5.10 Å². The maximum absolute atomic E-state index is 10.6. The van der Waals surface area contributed by atoms with Gasteiger partial charge in [0.1, 0.15) is 11.4 Å². The molecule has 0 aromatic carbocycles. The highest BCUT2D eigenvalue weighted by Gasteiger charge is 2.04. The highest BCUT2D eigenvalue weighted by Crippen LogP contribution is 2.10. The van der Waals surface area contributed by atoms with Gasteiger partial charge in [0, 0.05) is 25.4 Å². The quantitative estimate of drug-likeness (QED) is 0.857. The van der Waals surface area contributed by atoms with Crippen molar-refractivity contribution in [3.8, 4) is 5.75 Å². The van der Waals surface area contributed by atoms with Crippen LogP contribution in [0.15, 0.2) is 30.6 Å². The zero-order valence-corrected chi connectivity index (χ0v) is 9.91. The smallest absolute Gasteiger partial charge is 0.354 e. The first kappa shape index (κ1) is 12.1. The van der Waals surface area contributed by atoms with Gasteiger partial charge in [0.05, 0.1) is 12.8 Å². The third kappa shape index (κ3) is 2.85. The highest BCUT2D eigenvalue weighted by molar-refractivity contribution is 5.85. The summed E-state index contributed by atoms with van der Waals surface area (Å²) < 4.78 is 7.26. The van der Waals surface area contributed by atoms with E-state index in [0.717, 1.165) is 12.1 Å². The maximum Gasteiger partial charge on any atom is 0.354 e. The van der Waals surface area contributed by atoms with Crippen LogP contribution >= 0.6 is 0 Å². The Hall–Kier alpha value is -2.37. The molecular weight excluding hydrogens is 234 g/mol. The molecule has 0 amide bonds. The first-order chi connectivity index (χ1) is 8.66. The Balaban J connectivity index is 1.87. The van der Waals surface area contributed by atoms with Crippen LogP contribution in [0.4, 0.5) is 0 Å². The maximum atomic E-state index is 10.6. The van der Waals surface area contributed by atoms with Crippen LogP contribution < -0.4 is 4.74 Å². The molecule has 0 aliphatic heterocycles. The first-order valence-electron chi connectivity index (χ1n) is 5.46. The van der Waals surface area contributed by atoms with Crippen LogP contribution in [-0.4, -0.2) is 32.4 Å². The average molecular weight is 247 g/mol. The number of hydrogen-bond acceptors (Lipinski definition) is 4. The lowest BCUT2D eigenvalue weighted by atomic mass is 10.3. The van der Waals surface area contributed by atoms with Crippen LogP contribution in [-0.2, 0) is 13.5 Å². The number of hydrogen-bond donors (Lipinski definition) is 1. The van der Waals surface area contributed by atoms with Gasteiger partial charge in [0.15, 0.2) is 0 Å². The lowest BCUT2D eigenvalue weighted by Gasteiger charge is -2.06. The number of aromatic carboxylic acids is 1. The van der Waals surface area contributed by atoms with Gasteiger partial charge in [-0.05, 0) is 18.2 Å². The summed E-state index contributed by atoms with van der Waals surface area (Å²) in [5.41, 5.74) is 1.08. The lowest BCUT2D eigenvalue weighted by Crippen LogP contribution is -2.06. The van der Waals surface area contributed by atoms with Gasteiger partial charge in [-0.3, -0.25) is 4.68 Å². The highest BCUT2D eigenvalue weighted by atomic mass is 16.5. The number of rotatable bonds is 5. The van der Waals surface area contributed by atoms with E-state index < -0.39 is 5.97 Å². The van der Waals surface area contributed by atoms with Crippen molar-refractivity contribution in [3.63, 3.8) is 0 Å². The largest absolute Gasteiger partial charge is 0.492 e. The zero-order valence-electron chi connectivity index (χ0n) is 9.91. The van der Waals surface area contributed by atoms with Crippen molar-refractivity contribution >= 4 is 5.97 Å². The van der Waals surface area contributed by atoms with E-state index in [1.807, 2.05) is 13.1 Å². The monoisotopic (exact) mass is 247 g/mol. The van der Waals surface area contributed by atoms with Crippen molar-refractivity contribution in [1.82, 2.24) is 14.8 Å². The Morgan fingerprint density at radius 1 is 1.44 bits per heavy atom. The van der Waals surface area contributed by atoms with Crippen LogP contribution in [0.3, 0.4) is 0 Å². The molecule has 2 heterocycles. The van der Waals surface area contributed by atoms with Gasteiger partial charge in [0.25, 0.3) is 0 Å². The van der Waals surface area contributed by atoms with Crippen LogP contribution in [0, 0.1) is 0 Å². The number of ether oxygens (including phenoxy) is 1. The van der Waals surface area contributed by atoms with Crippen molar-refractivity contribution in [1.29, 1.82) is 0 Å². The summed E-state index contributed by atoms with van der Waals surface area (Å²) in [6.45, 7) is 0.494. The number of pyridine rings is 1. The van der Waals surface area contributed by atoms with Crippen molar-refractivity contribution < 1.29 is 14.6 Å². The topological polar surface area (TPSA) is 77.2 Å². The second kappa shape index (κ2) is 5.31. The van der Waals surface area contributed by atoms with Gasteiger partial charge in [0.2, 0.25) is 0 Å². The summed E-state index contributed by atoms with van der Waals surface area (Å²) in [4.78, 5) is 14.4. The predicted octanol–water partition coefficient (Wildman–Crippen LogP) is 1.13. The first-order valence-corrected chi connectivity index (χ1v) is 5.46. The normalized spacial score (nSPS) is 10.3. The third-order valence-electron chi connectivity index (χ3n) is 2.50. The Bertz CT molecular complexity index is 534. The Morgan fingerprint density at radius 3 is 2.83 bits per heavy atom. The number of aryl methyl sites for hydroxylation is 1. The summed E-state index contributed by atoms with van der Waals surface area (Å²) in [6, 6.07) is 4.94. The number of nitrogens with zero attached hydrogens (tertiary/aromatic N) is 3. The van der Waals surface area contributed by atoms with Crippen LogP contribution in [0.25, 0.3) is 0 Å². The molecule has 0 unspecified atom stereocenters. The van der Waals surface area contributed by atoms with Gasteiger partial charge >= 0.3 is 5.97 Å². The number of aromatic nitrogens is 3. The summed E-state index contributed by atoms with van der Waals surface area (Å²) in [7, 11) is 1.87. The van der Waals surface area contributed by atoms with Crippen molar-refractivity contribution in [2.45, 2.75) is 6.42 Å². The molecule has 2 rings (SSSR count). The molecule has 0 fully saturated rings. The number of carboxylic acids is 1. The van der Waals surface area contributed by atoms with Crippen molar-refractivity contribution in [2.24, 2.45) is 7.05 Å². The Kier molecular flexibility index (Phi) is 3.57. The van der Waals surface area contributed by atoms with Crippen molar-refractivity contribution in [2.75, 3.05) is 6.61 Å². The third-order valence-corrected chi connectivity index (χ3v) is 2.50. The van der Waals surface area contributed by atoms with E-state index in [1.165, 1.54) is 12.3 Å². The minimum absolute atomic E-state index is 0.00832. The molecule has 6 nitrogen and oxygen atoms in total. The minimum atomic E-state index is -1.04. The van der Waals surface area contributed by atoms with Crippen molar-refractivity contribution in [3.05, 3.63) is 42.0 Å². The average Bonchev–Trinajstić information content (AvgIpc) is 2.76. The fraction of sp³-hybridized carbons (Fsp3) is 0.250. The molecule has 0 aliphatic rings. The lowest BCUT2D eigenvalue weighted by molar-refractivity contribution is 0.0690. The molecule has 0 radical (unpaired) electrons. The molecule has 0 aliphatic carbocycles. The molecule has 6 heteroatoms. The van der Waals surface area contributed by atoms with E-state index in [1.54, 1.807) is 16.9 Å². The number of carboxylic acid groups (broad SMARTS) is 1. The minimum Gasteiger partial charge on any atom is -0.492 e. The molecule has 2 aromatic heterocycles. The summed E-state index contributed by atoms with van der Waals surface area (Å²) in [5, 5.41) is 12.8. The second-order valence-electron chi connectivity index (χ2n) is 3.73. The van der Waals surface area contributed by atoms with E-state index in [2.05, 4.69) is 10.1 Å². The van der Waals surface area contributed by atoms with E-state index >= 15 is 0 Å². The molecule has 0 saturated carbocycles. The zero-order chi connectivity index (χ0) is 13.0. The Labute approximate surface area is 104 Å². The van der Waals surface area contributed by atoms with Crippen LogP contribution in [0.1, 0.15) is 16.2 Å². The SMILES string of the molecule is Cn1nccc1CCOc1ccc(C(=O)O)nc1. The molecule has 2 aromatic rings. The fourth-order valence-corrected chi connectivity index (χ4v) is 1.51. The molecule has 18 heavy (non-hydrogen) atoms. The van der Waals surface area contributed by atoms with Gasteiger partial charge in [-0.25, -0.2) is 9.78 Å². The fourth-order valence-electron chi connectivity index (χ4n) is 1.51. The van der Waals surface area contributed by atoms with Gasteiger partial charge < -0.3 is 9.84 Å². The summed E-state index contributed by atoms with van der Waals surface area (Å²) in [5.74, 6) is -0.487. The van der Waals surface area contributed by atoms with E-state index in [4.69, 9.17) is 9.84 Å². The predicted molar refractivity (Wildman–Crippen MR) is 63.6 cm³/mol. The second-order valence-corrected chi connectivity index (χ2v) is 3.73. The molecule has 0 spiro atoms. The molecule has 0 atom stereocenters. The molecular formula is C12H13N3O3. The van der Waals surface area contributed by atoms with Gasteiger partial charge in [-0.15, -0.1) is 0 Å². The number of carbonyl (C=O) groups is 1. The summed E-state index contributed by atoms with van der Waals surface area (Å²) >= 11 is 0. The van der Waals surface area contributed by atoms with E-state index in [9.17, 15) is 4.79 Å². The molecule has 0 saturated heterocycles. The van der Waals surface area contributed by atoms with Gasteiger partial charge in [-0.1, -0.05) is 0 Å². The summed E-state index contributed by atoms with van der Waals surface area (Å²) in [6.07, 6.45) is 3.88. The Morgan fingerprint density at radius 2 is 2.28 bits per heavy atom. The van der Waals surface area contributed by atoms with Crippen LogP contribution in [0.5, 0.6) is 5.75 Å².